The minimum Gasteiger partial charge on any atom is -0.493 e. The highest BCUT2D eigenvalue weighted by Crippen LogP contribution is 2.39. The van der Waals surface area contributed by atoms with Crippen molar-refractivity contribution in [3.63, 3.8) is 0 Å². The molecule has 3 aromatic rings. The SMILES string of the molecule is CCn1c(O)c(N=NC(=O)c2ccc(N)cc2)c2cc(C)ccc21. The third-order valence-electron chi connectivity index (χ3n) is 3.88. The van der Waals surface area contributed by atoms with Crippen LogP contribution in [0.5, 0.6) is 5.88 Å². The molecule has 0 unspecified atom stereocenters. The smallest absolute Gasteiger partial charge is 0.295 e. The Balaban J connectivity index is 2.03. The van der Waals surface area contributed by atoms with E-state index in [1.165, 1.54) is 0 Å². The van der Waals surface area contributed by atoms with Gasteiger partial charge >= 0.3 is 0 Å². The summed E-state index contributed by atoms with van der Waals surface area (Å²) in [6, 6.07) is 12.3. The van der Waals surface area contributed by atoms with Crippen LogP contribution in [0.3, 0.4) is 0 Å². The summed E-state index contributed by atoms with van der Waals surface area (Å²) < 4.78 is 1.73. The maximum atomic E-state index is 12.1. The average molecular weight is 322 g/mol. The number of benzene rings is 2. The molecule has 3 N–H and O–H groups in total. The van der Waals surface area contributed by atoms with E-state index in [-0.39, 0.29) is 5.88 Å². The molecule has 0 saturated heterocycles. The maximum absolute atomic E-state index is 12.1. The number of nitrogens with zero attached hydrogens (tertiary/aromatic N) is 3. The van der Waals surface area contributed by atoms with E-state index in [4.69, 9.17) is 5.73 Å². The summed E-state index contributed by atoms with van der Waals surface area (Å²) in [4.78, 5) is 12.1. The number of nitrogen functional groups attached to an aromatic ring is 1. The van der Waals surface area contributed by atoms with Gasteiger partial charge in [-0.1, -0.05) is 11.6 Å². The van der Waals surface area contributed by atoms with Gasteiger partial charge in [0.05, 0.1) is 5.52 Å². The predicted octanol–water partition coefficient (Wildman–Crippen LogP) is 4.18. The summed E-state index contributed by atoms with van der Waals surface area (Å²) in [6.45, 7) is 4.48. The Bertz CT molecular complexity index is 940. The van der Waals surface area contributed by atoms with Crippen LogP contribution in [0.4, 0.5) is 11.4 Å². The number of aromatic hydroxyl groups is 1. The molecule has 1 amide bonds. The number of hydrogen-bond donors (Lipinski definition) is 2. The van der Waals surface area contributed by atoms with Crippen molar-refractivity contribution in [2.45, 2.75) is 20.4 Å². The number of aromatic nitrogens is 1. The molecule has 1 heterocycles. The Morgan fingerprint density at radius 1 is 1.21 bits per heavy atom. The topological polar surface area (TPSA) is 93.0 Å². The summed E-state index contributed by atoms with van der Waals surface area (Å²) in [5, 5.41) is 18.9. The van der Waals surface area contributed by atoms with Gasteiger partial charge in [0.2, 0.25) is 5.88 Å². The molecule has 2 aromatic carbocycles. The molecule has 122 valence electrons. The monoisotopic (exact) mass is 322 g/mol. The second kappa shape index (κ2) is 6.16. The fraction of sp³-hybridized carbons (Fsp3) is 0.167. The van der Waals surface area contributed by atoms with Crippen molar-refractivity contribution in [1.82, 2.24) is 4.57 Å². The number of aryl methyl sites for hydroxylation is 2. The van der Waals surface area contributed by atoms with Crippen molar-refractivity contribution in [2.75, 3.05) is 5.73 Å². The lowest BCUT2D eigenvalue weighted by Gasteiger charge is -2.01. The Labute approximate surface area is 139 Å². The Hall–Kier alpha value is -3.15. The lowest BCUT2D eigenvalue weighted by molar-refractivity contribution is 0.0995. The van der Waals surface area contributed by atoms with Gasteiger partial charge in [0.1, 0.15) is 0 Å². The number of rotatable bonds is 3. The fourth-order valence-corrected chi connectivity index (χ4v) is 2.63. The molecule has 3 rings (SSSR count). The number of azo groups is 1. The molecule has 0 aliphatic heterocycles. The molecule has 0 bridgehead atoms. The Kier molecular flexibility index (Phi) is 4.04. The van der Waals surface area contributed by atoms with Crippen molar-refractivity contribution in [1.29, 1.82) is 0 Å². The van der Waals surface area contributed by atoms with E-state index >= 15 is 0 Å². The van der Waals surface area contributed by atoms with Gasteiger partial charge < -0.3 is 15.4 Å². The summed E-state index contributed by atoms with van der Waals surface area (Å²) in [7, 11) is 0. The van der Waals surface area contributed by atoms with Crippen molar-refractivity contribution >= 4 is 28.2 Å². The van der Waals surface area contributed by atoms with Gasteiger partial charge in [-0.3, -0.25) is 4.79 Å². The van der Waals surface area contributed by atoms with E-state index in [2.05, 4.69) is 10.2 Å². The van der Waals surface area contributed by atoms with Gasteiger partial charge in [-0.05, 0) is 50.2 Å². The van der Waals surface area contributed by atoms with Crippen LogP contribution < -0.4 is 5.73 Å². The van der Waals surface area contributed by atoms with Crippen LogP contribution in [0.25, 0.3) is 10.9 Å². The lowest BCUT2D eigenvalue weighted by Crippen LogP contribution is -1.94. The maximum Gasteiger partial charge on any atom is 0.295 e. The molecular weight excluding hydrogens is 304 g/mol. The molecular formula is C18H18N4O2. The second-order valence-electron chi connectivity index (χ2n) is 5.56. The van der Waals surface area contributed by atoms with Gasteiger partial charge in [0.25, 0.3) is 5.91 Å². The first kappa shape index (κ1) is 15.7. The number of hydrogen-bond acceptors (Lipinski definition) is 4. The van der Waals surface area contributed by atoms with E-state index in [9.17, 15) is 9.90 Å². The van der Waals surface area contributed by atoms with Crippen molar-refractivity contribution in [3.8, 4) is 5.88 Å². The largest absolute Gasteiger partial charge is 0.493 e. The molecule has 0 aliphatic carbocycles. The van der Waals surface area contributed by atoms with Crippen LogP contribution in [0.2, 0.25) is 0 Å². The Morgan fingerprint density at radius 2 is 1.92 bits per heavy atom. The summed E-state index contributed by atoms with van der Waals surface area (Å²) in [5.41, 5.74) is 8.77. The van der Waals surface area contributed by atoms with E-state index in [1.54, 1.807) is 28.8 Å². The quantitative estimate of drug-likeness (QED) is 0.559. The number of carbonyl (C=O) groups excluding carboxylic acids is 1. The minimum atomic E-state index is -0.487. The average Bonchev–Trinajstić information content (AvgIpc) is 2.83. The van der Waals surface area contributed by atoms with Crippen LogP contribution in [-0.4, -0.2) is 15.6 Å². The first-order valence-electron chi connectivity index (χ1n) is 7.64. The zero-order valence-electron chi connectivity index (χ0n) is 13.5. The van der Waals surface area contributed by atoms with Gasteiger partial charge in [-0.2, -0.15) is 0 Å². The summed E-state index contributed by atoms with van der Waals surface area (Å²) in [5.74, 6) is -0.480. The normalized spacial score (nSPS) is 11.4. The highest BCUT2D eigenvalue weighted by molar-refractivity contribution is 5.97. The van der Waals surface area contributed by atoms with Crippen molar-refractivity contribution in [3.05, 3.63) is 53.6 Å². The number of amides is 1. The van der Waals surface area contributed by atoms with Crippen molar-refractivity contribution in [2.24, 2.45) is 10.2 Å². The molecule has 1 aromatic heterocycles. The van der Waals surface area contributed by atoms with E-state index in [0.717, 1.165) is 16.5 Å². The zero-order valence-corrected chi connectivity index (χ0v) is 13.5. The molecule has 0 radical (unpaired) electrons. The number of nitrogens with two attached hydrogens (primary N) is 1. The Morgan fingerprint density at radius 3 is 2.58 bits per heavy atom. The van der Waals surface area contributed by atoms with Crippen LogP contribution in [-0.2, 0) is 6.54 Å². The van der Waals surface area contributed by atoms with E-state index in [1.807, 2.05) is 32.0 Å². The van der Waals surface area contributed by atoms with Crippen LogP contribution in [0.15, 0.2) is 52.7 Å². The lowest BCUT2D eigenvalue weighted by atomic mass is 10.1. The minimum absolute atomic E-state index is 0.00644. The molecule has 24 heavy (non-hydrogen) atoms. The molecule has 0 aliphatic rings. The third-order valence-corrected chi connectivity index (χ3v) is 3.88. The van der Waals surface area contributed by atoms with Crippen molar-refractivity contribution < 1.29 is 9.90 Å². The molecule has 0 spiro atoms. The molecule has 6 nitrogen and oxygen atoms in total. The number of anilines is 1. The molecule has 0 atom stereocenters. The molecule has 0 saturated carbocycles. The van der Waals surface area contributed by atoms with E-state index in [0.29, 0.717) is 23.5 Å². The first-order valence-corrected chi connectivity index (χ1v) is 7.64. The first-order chi connectivity index (χ1) is 11.5. The van der Waals surface area contributed by atoms with Crippen LogP contribution >= 0.6 is 0 Å². The summed E-state index contributed by atoms with van der Waals surface area (Å²) >= 11 is 0. The van der Waals surface area contributed by atoms with Gasteiger partial charge in [0.15, 0.2) is 5.69 Å². The van der Waals surface area contributed by atoms with Crippen LogP contribution in [0.1, 0.15) is 22.8 Å². The van der Waals surface area contributed by atoms with Gasteiger partial charge in [-0.25, -0.2) is 0 Å². The third kappa shape index (κ3) is 2.74. The van der Waals surface area contributed by atoms with E-state index < -0.39 is 5.91 Å². The zero-order chi connectivity index (χ0) is 17.3. The van der Waals surface area contributed by atoms with Gasteiger partial charge in [-0.15, -0.1) is 10.2 Å². The van der Waals surface area contributed by atoms with Crippen LogP contribution in [0, 0.1) is 6.92 Å². The highest BCUT2D eigenvalue weighted by atomic mass is 16.3. The van der Waals surface area contributed by atoms with Gasteiger partial charge in [0, 0.05) is 23.2 Å². The summed E-state index contributed by atoms with van der Waals surface area (Å²) in [6.07, 6.45) is 0. The second-order valence-corrected chi connectivity index (χ2v) is 5.56. The fourth-order valence-electron chi connectivity index (χ4n) is 2.63. The standard InChI is InChI=1S/C18H18N4O2/c1-3-22-15-9-4-11(2)10-14(15)16(18(22)24)20-21-17(23)12-5-7-13(19)8-6-12/h4-10,24H,3,19H2,1-2H3. The number of fused-ring (bicyclic) bond motifs is 1. The number of carbonyl (C=O) groups is 1. The highest BCUT2D eigenvalue weighted by Gasteiger charge is 2.16. The predicted molar refractivity (Wildman–Crippen MR) is 93.7 cm³/mol. The molecule has 0 fully saturated rings. The molecule has 6 heteroatoms.